The molecule has 1 aliphatic carbocycles. The summed E-state index contributed by atoms with van der Waals surface area (Å²) in [4.78, 5) is 23.1. The Hall–Kier alpha value is -2.02. The van der Waals surface area contributed by atoms with Crippen molar-refractivity contribution in [2.45, 2.75) is 18.8 Å². The Morgan fingerprint density at radius 1 is 1.39 bits per heavy atom. The quantitative estimate of drug-likeness (QED) is 0.760. The second-order valence-corrected chi connectivity index (χ2v) is 4.94. The lowest BCUT2D eigenvalue weighted by Crippen LogP contribution is -2.09. The molecule has 1 N–H and O–H groups in total. The fourth-order valence-corrected chi connectivity index (χ4v) is 2.42. The number of nitrogens with one attached hydrogen (secondary N) is 1. The van der Waals surface area contributed by atoms with Crippen molar-refractivity contribution in [2.24, 2.45) is 0 Å². The van der Waals surface area contributed by atoms with Gasteiger partial charge in [-0.25, -0.2) is 9.97 Å². The van der Waals surface area contributed by atoms with Gasteiger partial charge in [0.15, 0.2) is 17.2 Å². The zero-order chi connectivity index (χ0) is 12.1. The average molecular weight is 260 g/mol. The molecule has 0 aliphatic heterocycles. The van der Waals surface area contributed by atoms with Crippen LogP contribution in [-0.4, -0.2) is 19.3 Å². The Labute approximate surface area is 105 Å². The smallest absolute Gasteiger partial charge is 0.278 e. The molecule has 1 fully saturated rings. The fourth-order valence-electron chi connectivity index (χ4n) is 1.82. The summed E-state index contributed by atoms with van der Waals surface area (Å²) in [6, 6.07) is 0. The van der Waals surface area contributed by atoms with Crippen LogP contribution in [0.25, 0.3) is 22.6 Å². The highest BCUT2D eigenvalue weighted by Gasteiger charge is 2.29. The lowest BCUT2D eigenvalue weighted by Gasteiger charge is -1.94. The summed E-state index contributed by atoms with van der Waals surface area (Å²) < 4.78 is 9.38. The molecule has 3 aromatic heterocycles. The van der Waals surface area contributed by atoms with E-state index in [4.69, 9.17) is 4.42 Å². The monoisotopic (exact) mass is 260 g/mol. The molecule has 0 unspecified atom stereocenters. The molecule has 4 rings (SSSR count). The van der Waals surface area contributed by atoms with E-state index in [9.17, 15) is 4.79 Å². The molecular formula is C11H8N4O2S. The molecule has 0 saturated heterocycles. The van der Waals surface area contributed by atoms with Crippen LogP contribution < -0.4 is 5.56 Å². The van der Waals surface area contributed by atoms with E-state index in [1.165, 1.54) is 17.8 Å². The molecule has 0 bridgehead atoms. The number of rotatable bonds is 2. The van der Waals surface area contributed by atoms with Crippen molar-refractivity contribution in [3.8, 4) is 11.5 Å². The Bertz CT molecular complexity index is 784. The van der Waals surface area contributed by atoms with Crippen LogP contribution in [0.1, 0.15) is 24.7 Å². The van der Waals surface area contributed by atoms with Crippen LogP contribution >= 0.6 is 11.5 Å². The van der Waals surface area contributed by atoms with Crippen LogP contribution in [0.2, 0.25) is 0 Å². The van der Waals surface area contributed by atoms with Gasteiger partial charge in [-0.15, -0.1) is 0 Å². The van der Waals surface area contributed by atoms with Crippen LogP contribution in [0.4, 0.5) is 0 Å². The molecule has 90 valence electrons. The van der Waals surface area contributed by atoms with Gasteiger partial charge in [0, 0.05) is 11.3 Å². The predicted molar refractivity (Wildman–Crippen MR) is 65.5 cm³/mol. The SMILES string of the molecule is O=c1[nH]c(-c2coc(C3CC3)n2)nc2csnc12. The lowest BCUT2D eigenvalue weighted by molar-refractivity contribution is 0.497. The van der Waals surface area contributed by atoms with Crippen molar-refractivity contribution < 1.29 is 4.42 Å². The van der Waals surface area contributed by atoms with E-state index in [1.54, 1.807) is 5.38 Å². The summed E-state index contributed by atoms with van der Waals surface area (Å²) >= 11 is 1.21. The topological polar surface area (TPSA) is 84.7 Å². The second-order valence-electron chi connectivity index (χ2n) is 4.31. The summed E-state index contributed by atoms with van der Waals surface area (Å²) in [5.41, 5.74) is 1.29. The zero-order valence-corrected chi connectivity index (χ0v) is 10.0. The minimum absolute atomic E-state index is 0.243. The lowest BCUT2D eigenvalue weighted by atomic mass is 10.4. The predicted octanol–water partition coefficient (Wildman–Crippen LogP) is 1.91. The van der Waals surface area contributed by atoms with E-state index in [0.29, 0.717) is 28.5 Å². The largest absolute Gasteiger partial charge is 0.448 e. The number of aromatic nitrogens is 4. The van der Waals surface area contributed by atoms with Crippen LogP contribution in [0.15, 0.2) is 20.9 Å². The molecule has 18 heavy (non-hydrogen) atoms. The number of aromatic amines is 1. The molecule has 0 aromatic carbocycles. The van der Waals surface area contributed by atoms with E-state index in [-0.39, 0.29) is 5.56 Å². The number of hydrogen-bond acceptors (Lipinski definition) is 6. The van der Waals surface area contributed by atoms with Crippen molar-refractivity contribution in [1.82, 2.24) is 19.3 Å². The van der Waals surface area contributed by atoms with Gasteiger partial charge < -0.3 is 9.40 Å². The van der Waals surface area contributed by atoms with Gasteiger partial charge in [-0.3, -0.25) is 4.79 Å². The van der Waals surface area contributed by atoms with Crippen LogP contribution in [0, 0.1) is 0 Å². The molecule has 0 amide bonds. The maximum Gasteiger partial charge on any atom is 0.278 e. The van der Waals surface area contributed by atoms with E-state index < -0.39 is 0 Å². The summed E-state index contributed by atoms with van der Waals surface area (Å²) in [6.45, 7) is 0. The first-order chi connectivity index (χ1) is 8.81. The van der Waals surface area contributed by atoms with Gasteiger partial charge in [0.1, 0.15) is 17.5 Å². The summed E-state index contributed by atoms with van der Waals surface area (Å²) in [5.74, 6) is 1.61. The van der Waals surface area contributed by atoms with Gasteiger partial charge in [-0.05, 0) is 24.4 Å². The number of H-pyrrole nitrogens is 1. The number of fused-ring (bicyclic) bond motifs is 1. The molecule has 3 heterocycles. The number of nitrogens with zero attached hydrogens (tertiary/aromatic N) is 3. The van der Waals surface area contributed by atoms with Crippen molar-refractivity contribution in [3.05, 3.63) is 27.9 Å². The maximum atomic E-state index is 11.8. The highest BCUT2D eigenvalue weighted by atomic mass is 32.1. The maximum absolute atomic E-state index is 11.8. The molecular weight excluding hydrogens is 252 g/mol. The normalized spacial score (nSPS) is 15.3. The minimum Gasteiger partial charge on any atom is -0.448 e. The van der Waals surface area contributed by atoms with Crippen LogP contribution in [0.3, 0.4) is 0 Å². The molecule has 0 atom stereocenters. The average Bonchev–Trinajstić information content (AvgIpc) is 2.93. The van der Waals surface area contributed by atoms with E-state index in [1.807, 2.05) is 0 Å². The van der Waals surface area contributed by atoms with Crippen molar-refractivity contribution in [1.29, 1.82) is 0 Å². The Kier molecular flexibility index (Phi) is 1.93. The van der Waals surface area contributed by atoms with Crippen molar-refractivity contribution in [3.63, 3.8) is 0 Å². The van der Waals surface area contributed by atoms with Crippen LogP contribution in [-0.2, 0) is 0 Å². The van der Waals surface area contributed by atoms with Crippen LogP contribution in [0.5, 0.6) is 0 Å². The molecule has 3 aromatic rings. The highest BCUT2D eigenvalue weighted by molar-refractivity contribution is 7.04. The first-order valence-corrected chi connectivity index (χ1v) is 6.45. The van der Waals surface area contributed by atoms with E-state index >= 15 is 0 Å². The third-order valence-electron chi connectivity index (χ3n) is 2.92. The minimum atomic E-state index is -0.243. The fraction of sp³-hybridized carbons (Fsp3) is 0.273. The highest BCUT2D eigenvalue weighted by Crippen LogP contribution is 2.39. The Morgan fingerprint density at radius 2 is 2.28 bits per heavy atom. The Balaban J connectivity index is 1.86. The molecule has 1 aliphatic rings. The van der Waals surface area contributed by atoms with Crippen molar-refractivity contribution >= 4 is 22.6 Å². The second kappa shape index (κ2) is 3.49. The van der Waals surface area contributed by atoms with Crippen molar-refractivity contribution in [2.75, 3.05) is 0 Å². The van der Waals surface area contributed by atoms with Gasteiger partial charge in [0.2, 0.25) is 0 Å². The molecule has 7 heteroatoms. The van der Waals surface area contributed by atoms with E-state index in [0.717, 1.165) is 18.7 Å². The molecule has 0 radical (unpaired) electrons. The van der Waals surface area contributed by atoms with Gasteiger partial charge in [-0.2, -0.15) is 4.37 Å². The van der Waals surface area contributed by atoms with E-state index in [2.05, 4.69) is 19.3 Å². The zero-order valence-electron chi connectivity index (χ0n) is 9.21. The standard InChI is InChI=1S/C11H8N4O2S/c16-10-8-7(4-18-15-8)12-9(14-10)6-3-17-11(13-6)5-1-2-5/h3-5H,1-2H2,(H,12,14,16). The Morgan fingerprint density at radius 3 is 3.11 bits per heavy atom. The van der Waals surface area contributed by atoms with Gasteiger partial charge >= 0.3 is 0 Å². The summed E-state index contributed by atoms with van der Waals surface area (Å²) in [7, 11) is 0. The first kappa shape index (κ1) is 9.95. The third-order valence-corrected chi connectivity index (χ3v) is 3.54. The molecule has 6 nitrogen and oxygen atoms in total. The van der Waals surface area contributed by atoms with Gasteiger partial charge in [0.25, 0.3) is 5.56 Å². The summed E-state index contributed by atoms with van der Waals surface area (Å²) in [5, 5.41) is 1.75. The summed E-state index contributed by atoms with van der Waals surface area (Å²) in [6.07, 6.45) is 3.78. The van der Waals surface area contributed by atoms with Gasteiger partial charge in [0.05, 0.1) is 0 Å². The number of hydrogen-bond donors (Lipinski definition) is 1. The first-order valence-electron chi connectivity index (χ1n) is 5.61. The number of oxazole rings is 1. The molecule has 0 spiro atoms. The third kappa shape index (κ3) is 1.47. The molecule has 1 saturated carbocycles. The van der Waals surface area contributed by atoms with Gasteiger partial charge in [-0.1, -0.05) is 0 Å².